The Bertz CT molecular complexity index is 2430. The van der Waals surface area contributed by atoms with Crippen LogP contribution in [0.4, 0.5) is 0 Å². The van der Waals surface area contributed by atoms with E-state index in [9.17, 15) is 50.2 Å². The fourth-order valence-electron chi connectivity index (χ4n) is 9.54. The van der Waals surface area contributed by atoms with E-state index in [0.717, 1.165) is 45.1 Å². The zero-order chi connectivity index (χ0) is 78.0. The third-order valence-electron chi connectivity index (χ3n) is 18.5. The molecule has 598 valence electrons. The number of likely N-dealkylation sites (N-methyl/N-ethyl adjacent to an activating group) is 3. The van der Waals surface area contributed by atoms with Gasteiger partial charge < -0.3 is 47.3 Å². The van der Waals surface area contributed by atoms with Gasteiger partial charge in [-0.15, -0.1) is 0 Å². The summed E-state index contributed by atoms with van der Waals surface area (Å²) in [6, 6.07) is 0. The van der Waals surface area contributed by atoms with Crippen molar-refractivity contribution in [2.24, 2.45) is 21.7 Å². The van der Waals surface area contributed by atoms with Crippen LogP contribution in [0, 0.1) is 21.7 Å². The number of ether oxygens (including phenoxy) is 6. The maximum Gasteiger partial charge on any atom is 0.333 e. The molecule has 1 fully saturated rings. The lowest BCUT2D eigenvalue weighted by molar-refractivity contribution is -0.890. The number of esters is 6. The minimum Gasteiger partial charge on any atom is -0.748 e. The highest BCUT2D eigenvalue weighted by Gasteiger charge is 2.52. The molecule has 1 aliphatic rings. The maximum atomic E-state index is 12.8. The molecular formula is C78H151N3O18S2. The number of carbonyl (C=O) groups excluding carboxylic acids is 6. The van der Waals surface area contributed by atoms with Crippen LogP contribution in [0.3, 0.4) is 0 Å². The van der Waals surface area contributed by atoms with Crippen LogP contribution >= 0.6 is 0 Å². The highest BCUT2D eigenvalue weighted by Crippen LogP contribution is 2.42. The fraction of sp³-hybridized carbons (Fsp3) is 0.872. The molecule has 1 rings (SSSR count). The van der Waals surface area contributed by atoms with Gasteiger partial charge in [-0.25, -0.2) is 18.0 Å². The number of hydrogen-bond donors (Lipinski definition) is 0. The SMILES string of the molecule is C=C(C)C(=O)OCCCCCCCCCCCC.C=C(C)C(=O)OCCN(C)C.CCCCCCCCCCCCOC(=O)C(C)(C)C(C)(C)C(=O)OCCN(C)C.CCCCCCCCCCCCOC(=O)C(C)(C)C(C)(C)C(=O)OCC[N+](C)(C)CCCS(=O)(=O)[O-].O=S1(=O)CCCO1. The number of hydrogen-bond acceptors (Lipinski definition) is 20. The molecule has 0 bridgehead atoms. The summed E-state index contributed by atoms with van der Waals surface area (Å²) in [5.74, 6) is -2.36. The predicted octanol–water partition coefficient (Wildman–Crippen LogP) is 16.1. The predicted molar refractivity (Wildman–Crippen MR) is 409 cm³/mol. The molecule has 0 N–H and O–H groups in total. The summed E-state index contributed by atoms with van der Waals surface area (Å²) in [4.78, 5) is 76.5. The van der Waals surface area contributed by atoms with Crippen molar-refractivity contribution in [2.75, 3.05) is 126 Å². The molecule has 1 aliphatic heterocycles. The molecule has 21 nitrogen and oxygen atoms in total. The third kappa shape index (κ3) is 57.9. The van der Waals surface area contributed by atoms with Crippen LogP contribution < -0.4 is 0 Å². The number of unbranched alkanes of at least 4 members (excludes halogenated alkanes) is 27. The van der Waals surface area contributed by atoms with Crippen molar-refractivity contribution >= 4 is 56.1 Å². The molecular weight excluding hydrogens is 1330 g/mol. The van der Waals surface area contributed by atoms with Gasteiger partial charge in [-0.05, 0) is 123 Å². The molecule has 0 aromatic rings. The number of nitrogens with zero attached hydrogens (tertiary/aromatic N) is 3. The van der Waals surface area contributed by atoms with E-state index in [2.05, 4.69) is 38.1 Å². The van der Waals surface area contributed by atoms with Gasteiger partial charge in [0, 0.05) is 36.4 Å². The monoisotopic (exact) mass is 1480 g/mol. The van der Waals surface area contributed by atoms with Crippen LogP contribution in [0.5, 0.6) is 0 Å². The van der Waals surface area contributed by atoms with Gasteiger partial charge in [-0.1, -0.05) is 207 Å². The summed E-state index contributed by atoms with van der Waals surface area (Å²) in [7, 11) is 4.18. The van der Waals surface area contributed by atoms with Crippen molar-refractivity contribution in [3.63, 3.8) is 0 Å². The average Bonchev–Trinajstić information content (AvgIpc) is 1.12. The van der Waals surface area contributed by atoms with E-state index in [0.29, 0.717) is 81.3 Å². The van der Waals surface area contributed by atoms with Crippen LogP contribution in [0.1, 0.15) is 295 Å². The molecule has 101 heavy (non-hydrogen) atoms. The van der Waals surface area contributed by atoms with Crippen LogP contribution in [-0.2, 0) is 81.6 Å². The quantitative estimate of drug-likeness (QED) is 0.0104. The van der Waals surface area contributed by atoms with Gasteiger partial charge in [0.15, 0.2) is 0 Å². The van der Waals surface area contributed by atoms with E-state index < -0.39 is 59.6 Å². The van der Waals surface area contributed by atoms with Crippen LogP contribution in [0.25, 0.3) is 0 Å². The number of quaternary nitrogens is 1. The summed E-state index contributed by atoms with van der Waals surface area (Å²) in [6.45, 7) is 35.8. The van der Waals surface area contributed by atoms with Crippen LogP contribution in [-0.4, -0.2) is 198 Å². The molecule has 1 heterocycles. The molecule has 0 unspecified atom stereocenters. The Morgan fingerprint density at radius 3 is 0.931 bits per heavy atom. The lowest BCUT2D eigenvalue weighted by atomic mass is 9.68. The Kier molecular flexibility index (Phi) is 61.6. The van der Waals surface area contributed by atoms with Crippen molar-refractivity contribution in [3.05, 3.63) is 24.3 Å². The second-order valence-electron chi connectivity index (χ2n) is 30.5. The lowest BCUT2D eigenvalue weighted by Gasteiger charge is -2.37. The van der Waals surface area contributed by atoms with E-state index in [1.165, 1.54) is 154 Å². The summed E-state index contributed by atoms with van der Waals surface area (Å²) in [6.07, 6.45) is 38.3. The molecule has 0 aromatic carbocycles. The molecule has 0 aromatic heterocycles. The van der Waals surface area contributed by atoms with E-state index in [1.807, 2.05) is 52.1 Å². The molecule has 0 atom stereocenters. The first kappa shape index (κ1) is 103. The van der Waals surface area contributed by atoms with Crippen molar-refractivity contribution in [1.29, 1.82) is 0 Å². The Balaban J connectivity index is -0.000000639. The zero-order valence-electron chi connectivity index (χ0n) is 67.7. The summed E-state index contributed by atoms with van der Waals surface area (Å²) in [5, 5.41) is 0. The van der Waals surface area contributed by atoms with Gasteiger partial charge in [0.1, 0.15) is 26.4 Å². The first-order valence-electron chi connectivity index (χ1n) is 38.3. The maximum absolute atomic E-state index is 12.8. The smallest absolute Gasteiger partial charge is 0.333 e. The van der Waals surface area contributed by atoms with Gasteiger partial charge in [-0.2, -0.15) is 8.42 Å². The largest absolute Gasteiger partial charge is 0.748 e. The minimum atomic E-state index is -4.23. The second-order valence-corrected chi connectivity index (χ2v) is 33.7. The molecule has 23 heteroatoms. The summed E-state index contributed by atoms with van der Waals surface area (Å²) in [5.41, 5.74) is -3.11. The second kappa shape index (κ2) is 60.2. The van der Waals surface area contributed by atoms with E-state index in [4.69, 9.17) is 28.4 Å². The van der Waals surface area contributed by atoms with Gasteiger partial charge in [0.25, 0.3) is 10.1 Å². The fourth-order valence-corrected chi connectivity index (χ4v) is 11.0. The summed E-state index contributed by atoms with van der Waals surface area (Å²) >= 11 is 0. The van der Waals surface area contributed by atoms with Crippen molar-refractivity contribution in [2.45, 2.75) is 295 Å². The average molecular weight is 1480 g/mol. The van der Waals surface area contributed by atoms with Gasteiger partial charge in [-0.3, -0.25) is 23.4 Å². The Morgan fingerprint density at radius 1 is 0.426 bits per heavy atom. The standard InChI is InChI=1S/C27H53NO7S.C24H47NO4.C16H30O2.C8H15NO2.C3H6O3S/c1-8-9-10-11-12-13-14-15-16-17-21-34-24(29)26(2,3)27(4,5)25(30)35-22-20-28(6,7)19-18-23-36(31,32)33;1-8-9-10-11-12-13-14-15-16-17-19-28-21(26)23(2,3)24(4,5)22(27)29-20-18-25(6)7;1-4-5-6-7-8-9-10-11-12-13-14-18-16(17)15(2)3;1-7(2)8(10)11-6-5-9(3)4;4-7(5)3-1-2-6-7/h8-23H2,1-7H3;8-20H2,1-7H3;2,4-14H2,1,3H3;1,5-6H2,2-4H3;1-3H2. The van der Waals surface area contributed by atoms with E-state index >= 15 is 0 Å². The molecule has 0 aliphatic carbocycles. The van der Waals surface area contributed by atoms with Crippen molar-refractivity contribution in [3.8, 4) is 0 Å². The molecule has 0 radical (unpaired) electrons. The minimum absolute atomic E-state index is 0.128. The van der Waals surface area contributed by atoms with Gasteiger partial charge >= 0.3 is 35.8 Å². The first-order chi connectivity index (χ1) is 47.1. The molecule has 0 amide bonds. The molecule has 1 saturated heterocycles. The number of carbonyl (C=O) groups is 6. The zero-order valence-corrected chi connectivity index (χ0v) is 69.4. The first-order valence-corrected chi connectivity index (χ1v) is 41.5. The third-order valence-corrected chi connectivity index (χ3v) is 20.6. The van der Waals surface area contributed by atoms with E-state index in [1.54, 1.807) is 69.2 Å². The Hall–Kier alpha value is -4.00. The lowest BCUT2D eigenvalue weighted by Crippen LogP contribution is -2.48. The highest BCUT2D eigenvalue weighted by atomic mass is 32.2. The van der Waals surface area contributed by atoms with Crippen molar-refractivity contribution in [1.82, 2.24) is 9.80 Å². The van der Waals surface area contributed by atoms with Gasteiger partial charge in [0.05, 0.1) is 84.6 Å². The molecule has 0 spiro atoms. The number of rotatable bonds is 54. The normalized spacial score (nSPS) is 13.0. The molecule has 0 saturated carbocycles. The van der Waals surface area contributed by atoms with Crippen molar-refractivity contribution < 1.29 is 87.2 Å². The Morgan fingerprint density at radius 2 is 0.683 bits per heavy atom. The summed E-state index contributed by atoms with van der Waals surface area (Å²) < 4.78 is 89.3. The van der Waals surface area contributed by atoms with E-state index in [-0.39, 0.29) is 42.7 Å². The van der Waals surface area contributed by atoms with Crippen LogP contribution in [0.15, 0.2) is 24.3 Å². The Labute approximate surface area is 617 Å². The van der Waals surface area contributed by atoms with Gasteiger partial charge in [0.2, 0.25) is 0 Å². The topological polar surface area (TPSA) is 265 Å². The van der Waals surface area contributed by atoms with Crippen LogP contribution in [0.2, 0.25) is 0 Å². The highest BCUT2D eigenvalue weighted by molar-refractivity contribution is 7.86.